The lowest BCUT2D eigenvalue weighted by Gasteiger charge is -2.40. The number of aliphatic hydroxyl groups is 1. The van der Waals surface area contributed by atoms with Gasteiger partial charge in [0.15, 0.2) is 0 Å². The lowest BCUT2D eigenvalue weighted by atomic mass is 9.66. The summed E-state index contributed by atoms with van der Waals surface area (Å²) in [5.74, 6) is -1.32. The molecule has 0 radical (unpaired) electrons. The summed E-state index contributed by atoms with van der Waals surface area (Å²) in [5.41, 5.74) is -1.28. The number of hydrogen-bond acceptors (Lipinski definition) is 6. The Bertz CT molecular complexity index is 1230. The molecular formula is C35H49N3O6. The van der Waals surface area contributed by atoms with Crippen LogP contribution in [0, 0.1) is 11.8 Å². The first-order valence-electron chi connectivity index (χ1n) is 16.4. The Balaban J connectivity index is 1.52. The minimum absolute atomic E-state index is 0.00809. The van der Waals surface area contributed by atoms with Crippen LogP contribution < -0.4 is 9.64 Å². The molecule has 3 aliphatic heterocycles. The van der Waals surface area contributed by atoms with Gasteiger partial charge in [-0.15, -0.1) is 13.2 Å². The Labute approximate surface area is 261 Å². The molecule has 2 unspecified atom stereocenters. The van der Waals surface area contributed by atoms with E-state index in [1.165, 1.54) is 0 Å². The topological polar surface area (TPSA) is 99.6 Å². The molecule has 2 bridgehead atoms. The summed E-state index contributed by atoms with van der Waals surface area (Å²) in [4.78, 5) is 49.1. The number of hydrogen-bond donors (Lipinski definition) is 1. The number of aliphatic hydroxyl groups excluding tert-OH is 1. The van der Waals surface area contributed by atoms with Gasteiger partial charge in [-0.05, 0) is 76.6 Å². The molecule has 1 spiro atoms. The minimum Gasteiger partial charge on any atom is -0.494 e. The Morgan fingerprint density at radius 1 is 1.07 bits per heavy atom. The summed E-state index contributed by atoms with van der Waals surface area (Å²) < 4.78 is 12.5. The lowest BCUT2D eigenvalue weighted by molar-refractivity contribution is -0.153. The molecule has 1 N–H and O–H groups in total. The second-order valence-corrected chi connectivity index (χ2v) is 12.9. The first-order chi connectivity index (χ1) is 21.3. The second kappa shape index (κ2) is 13.4. The van der Waals surface area contributed by atoms with E-state index in [4.69, 9.17) is 9.47 Å². The van der Waals surface area contributed by atoms with Crippen molar-refractivity contribution < 1.29 is 29.0 Å². The van der Waals surface area contributed by atoms with Crippen LogP contribution in [0.2, 0.25) is 0 Å². The number of carbonyl (C=O) groups excluding carboxylic acids is 3. The van der Waals surface area contributed by atoms with E-state index in [1.54, 1.807) is 22.0 Å². The molecule has 1 aromatic rings. The molecule has 1 aromatic carbocycles. The number of likely N-dealkylation sites (tertiary alicyclic amines) is 1. The minimum atomic E-state index is -1.09. The monoisotopic (exact) mass is 607 g/mol. The highest BCUT2D eigenvalue weighted by atomic mass is 16.5. The van der Waals surface area contributed by atoms with Crippen LogP contribution in [-0.4, -0.2) is 88.8 Å². The van der Waals surface area contributed by atoms with Crippen LogP contribution in [0.5, 0.6) is 5.75 Å². The van der Waals surface area contributed by atoms with Gasteiger partial charge in [-0.25, -0.2) is 0 Å². The van der Waals surface area contributed by atoms with Gasteiger partial charge in [-0.3, -0.25) is 14.4 Å². The molecular weight excluding hydrogens is 558 g/mol. The van der Waals surface area contributed by atoms with Crippen LogP contribution in [0.1, 0.15) is 71.6 Å². The molecule has 3 amide bonds. The van der Waals surface area contributed by atoms with Gasteiger partial charge >= 0.3 is 0 Å². The van der Waals surface area contributed by atoms with Crippen molar-refractivity contribution in [2.75, 3.05) is 37.7 Å². The summed E-state index contributed by atoms with van der Waals surface area (Å²) in [6.07, 6.45) is 10.8. The zero-order valence-corrected chi connectivity index (χ0v) is 26.4. The number of ether oxygens (including phenoxy) is 2. The van der Waals surface area contributed by atoms with Gasteiger partial charge in [0.2, 0.25) is 17.7 Å². The van der Waals surface area contributed by atoms with Crippen LogP contribution >= 0.6 is 0 Å². The van der Waals surface area contributed by atoms with E-state index in [2.05, 4.69) is 13.2 Å². The van der Waals surface area contributed by atoms with E-state index >= 15 is 0 Å². The van der Waals surface area contributed by atoms with E-state index in [9.17, 15) is 19.5 Å². The molecule has 3 heterocycles. The molecule has 3 saturated heterocycles. The molecule has 1 saturated carbocycles. The molecule has 0 aromatic heterocycles. The molecule has 5 atom stereocenters. The number of fused-ring (bicyclic) bond motifs is 1. The first kappa shape index (κ1) is 32.2. The normalized spacial score (nSPS) is 29.4. The molecule has 4 aliphatic rings. The Hall–Kier alpha value is -3.17. The summed E-state index contributed by atoms with van der Waals surface area (Å²) in [6, 6.07) is 6.63. The summed E-state index contributed by atoms with van der Waals surface area (Å²) in [6.45, 7) is 13.2. The molecule has 9 nitrogen and oxygen atoms in total. The smallest absolute Gasteiger partial charge is 0.248 e. The maximum atomic E-state index is 14.7. The van der Waals surface area contributed by atoms with E-state index in [-0.39, 0.29) is 36.9 Å². The largest absolute Gasteiger partial charge is 0.494 e. The van der Waals surface area contributed by atoms with Crippen LogP contribution in [-0.2, 0) is 19.1 Å². The van der Waals surface area contributed by atoms with Crippen LogP contribution in [0.15, 0.2) is 49.6 Å². The molecule has 9 heteroatoms. The average molecular weight is 608 g/mol. The molecule has 44 heavy (non-hydrogen) atoms. The number of rotatable bonds is 14. The molecule has 1 aliphatic carbocycles. The average Bonchev–Trinajstić information content (AvgIpc) is 3.60. The van der Waals surface area contributed by atoms with E-state index < -0.39 is 29.1 Å². The number of benzene rings is 1. The fourth-order valence-corrected chi connectivity index (χ4v) is 8.33. The quantitative estimate of drug-likeness (QED) is 0.247. The molecule has 4 fully saturated rings. The third-order valence-corrected chi connectivity index (χ3v) is 10.2. The van der Waals surface area contributed by atoms with Crippen molar-refractivity contribution in [2.24, 2.45) is 11.8 Å². The number of anilines is 1. The fourth-order valence-electron chi connectivity index (χ4n) is 8.33. The van der Waals surface area contributed by atoms with Gasteiger partial charge in [0.25, 0.3) is 0 Å². The fraction of sp³-hybridized carbons (Fsp3) is 0.629. The lowest BCUT2D eigenvalue weighted by Crippen LogP contribution is -2.58. The van der Waals surface area contributed by atoms with E-state index in [0.29, 0.717) is 56.8 Å². The molecule has 5 rings (SSSR count). The van der Waals surface area contributed by atoms with Crippen molar-refractivity contribution in [2.45, 2.75) is 94.9 Å². The van der Waals surface area contributed by atoms with E-state index in [1.807, 2.05) is 43.0 Å². The van der Waals surface area contributed by atoms with Crippen molar-refractivity contribution in [3.63, 3.8) is 0 Å². The first-order valence-corrected chi connectivity index (χ1v) is 16.4. The van der Waals surface area contributed by atoms with Gasteiger partial charge in [0.05, 0.1) is 24.0 Å². The Morgan fingerprint density at radius 2 is 1.77 bits per heavy atom. The maximum absolute atomic E-state index is 14.7. The van der Waals surface area contributed by atoms with Crippen LogP contribution in [0.25, 0.3) is 0 Å². The third-order valence-electron chi connectivity index (χ3n) is 10.2. The highest BCUT2D eigenvalue weighted by Gasteiger charge is 2.78. The van der Waals surface area contributed by atoms with Crippen molar-refractivity contribution in [3.8, 4) is 5.75 Å². The SMILES string of the molecule is C=CCN(C(=O)[C@H]1[C@H]2C(=O)N(CCCCO)C(C(=O)N(CC=C)C3CCCCC3)C23CC[C@]1(C)O3)c1ccc(OCC)cc1. The summed E-state index contributed by atoms with van der Waals surface area (Å²) >= 11 is 0. The standard InChI is InChI=1S/C35H49N3O6/c1-5-21-36(26-15-17-27(18-16-26)43-7-3)31(40)28-29-32(41)38(23-11-12-24-39)30(35(29)20-19-34(28,4)44-35)33(42)37(22-6-2)25-13-9-8-10-14-25/h5-6,15-18,25,28-30,39H,1-2,7-14,19-24H2,3-4H3/t28-,29+,30?,34+,35?/m1/s1. The predicted molar refractivity (Wildman–Crippen MR) is 169 cm³/mol. The number of amides is 3. The number of nitrogens with zero attached hydrogens (tertiary/aromatic N) is 3. The number of carbonyl (C=O) groups is 3. The van der Waals surface area contributed by atoms with Crippen molar-refractivity contribution in [1.82, 2.24) is 9.80 Å². The summed E-state index contributed by atoms with van der Waals surface area (Å²) in [5, 5.41) is 9.51. The third kappa shape index (κ3) is 5.58. The van der Waals surface area contributed by atoms with E-state index in [0.717, 1.165) is 32.1 Å². The zero-order valence-electron chi connectivity index (χ0n) is 26.4. The Kier molecular flexibility index (Phi) is 9.85. The number of unbranched alkanes of at least 4 members (excludes halogenated alkanes) is 1. The van der Waals surface area contributed by atoms with Gasteiger partial charge in [0, 0.05) is 38.0 Å². The highest BCUT2D eigenvalue weighted by Crippen LogP contribution is 2.63. The van der Waals surface area contributed by atoms with Crippen molar-refractivity contribution in [1.29, 1.82) is 0 Å². The van der Waals surface area contributed by atoms with Crippen LogP contribution in [0.4, 0.5) is 5.69 Å². The molecule has 240 valence electrons. The predicted octanol–water partition coefficient (Wildman–Crippen LogP) is 4.49. The van der Waals surface area contributed by atoms with Crippen LogP contribution in [0.3, 0.4) is 0 Å². The summed E-state index contributed by atoms with van der Waals surface area (Å²) in [7, 11) is 0. The van der Waals surface area contributed by atoms with Gasteiger partial charge < -0.3 is 29.3 Å². The van der Waals surface area contributed by atoms with Gasteiger partial charge in [0.1, 0.15) is 17.4 Å². The van der Waals surface area contributed by atoms with Gasteiger partial charge in [-0.2, -0.15) is 0 Å². The zero-order chi connectivity index (χ0) is 31.5. The maximum Gasteiger partial charge on any atom is 0.248 e. The van der Waals surface area contributed by atoms with Crippen molar-refractivity contribution in [3.05, 3.63) is 49.6 Å². The highest BCUT2D eigenvalue weighted by molar-refractivity contribution is 6.03. The van der Waals surface area contributed by atoms with Crippen molar-refractivity contribution >= 4 is 23.4 Å². The second-order valence-electron chi connectivity index (χ2n) is 12.9. The van der Waals surface area contributed by atoms with Gasteiger partial charge in [-0.1, -0.05) is 31.4 Å². The Morgan fingerprint density at radius 3 is 2.41 bits per heavy atom.